The molecule has 1 saturated carbocycles. The second-order valence-electron chi connectivity index (χ2n) is 16.3. The van der Waals surface area contributed by atoms with E-state index >= 15 is 0 Å². The number of methoxy groups -OCH3 is 2. The van der Waals surface area contributed by atoms with E-state index in [1.807, 2.05) is 36.4 Å². The standard InChI is InChI=1S/C60H52N2O2/c1-63-56-38-34-54(35-39-56)61(44-58(46-18-8-3-9-19-46)47-20-10-4-11-21-47)52-30-26-50(27-31-52)60(42-16-7-17-43-60)51-28-32-53(33-29-51)62(55-36-40-57(64-2)41-37-55)45-59(48-22-12-5-13-23-48)49-24-14-6-15-25-49/h3-5,8-14,18-41,44-45H,7,16-17,42-43H2,1-2H3/b59-45+. The lowest BCUT2D eigenvalue weighted by atomic mass is 9.65. The maximum Gasteiger partial charge on any atom is 0.119 e. The molecule has 1 aliphatic carbocycles. The van der Waals surface area contributed by atoms with Crippen LogP contribution in [-0.2, 0) is 5.41 Å². The Kier molecular flexibility index (Phi) is 12.7. The van der Waals surface area contributed by atoms with Gasteiger partial charge in [-0.05, 0) is 137 Å². The Morgan fingerprint density at radius 3 is 1.16 bits per heavy atom. The maximum atomic E-state index is 5.57. The predicted molar refractivity (Wildman–Crippen MR) is 265 cm³/mol. The molecule has 1 aliphatic rings. The molecule has 0 N–H and O–H groups in total. The van der Waals surface area contributed by atoms with Crippen molar-refractivity contribution in [3.8, 4) is 11.5 Å². The van der Waals surface area contributed by atoms with Gasteiger partial charge in [-0.2, -0.15) is 0 Å². The molecule has 0 unspecified atom stereocenters. The van der Waals surface area contributed by atoms with E-state index in [2.05, 4.69) is 204 Å². The molecule has 0 aliphatic heterocycles. The highest BCUT2D eigenvalue weighted by molar-refractivity contribution is 5.85. The van der Waals surface area contributed by atoms with Crippen molar-refractivity contribution in [2.75, 3.05) is 24.0 Å². The van der Waals surface area contributed by atoms with Gasteiger partial charge in [-0.3, -0.25) is 0 Å². The first-order chi connectivity index (χ1) is 31.6. The van der Waals surface area contributed by atoms with Gasteiger partial charge < -0.3 is 19.3 Å². The lowest BCUT2D eigenvalue weighted by molar-refractivity contribution is 0.346. The number of nitrogens with zero attached hydrogens (tertiary/aromatic N) is 2. The van der Waals surface area contributed by atoms with Crippen LogP contribution in [0.4, 0.5) is 22.7 Å². The number of ether oxygens (including phenoxy) is 2. The summed E-state index contributed by atoms with van der Waals surface area (Å²) < 4.78 is 11.1. The Hall–Kier alpha value is -7.74. The van der Waals surface area contributed by atoms with E-state index in [4.69, 9.17) is 9.47 Å². The third kappa shape index (κ3) is 9.07. The average molecular weight is 833 g/mol. The van der Waals surface area contributed by atoms with E-state index in [0.717, 1.165) is 80.5 Å². The third-order valence-electron chi connectivity index (χ3n) is 12.5. The summed E-state index contributed by atoms with van der Waals surface area (Å²) in [6, 6.07) is 79.4. The fourth-order valence-corrected chi connectivity index (χ4v) is 9.12. The Bertz CT molecular complexity index is 2490. The normalized spacial score (nSPS) is 13.2. The van der Waals surface area contributed by atoms with Gasteiger partial charge in [0, 0.05) is 51.7 Å². The predicted octanol–water partition coefficient (Wildman–Crippen LogP) is 15.0. The quantitative estimate of drug-likeness (QED) is 0.109. The minimum absolute atomic E-state index is 0.109. The smallest absolute Gasteiger partial charge is 0.119 e. The molecule has 4 nitrogen and oxygen atoms in total. The van der Waals surface area contributed by atoms with Gasteiger partial charge >= 0.3 is 0 Å². The summed E-state index contributed by atoms with van der Waals surface area (Å²) in [6.07, 6.45) is 10.3. The van der Waals surface area contributed by atoms with Crippen LogP contribution in [0.15, 0.2) is 219 Å². The Morgan fingerprint density at radius 2 is 0.797 bits per heavy atom. The SMILES string of the molecule is COc1ccc(N(C=C(c2ccccc2)c2ccccc2)c2ccc(C3(c4ccc(N(/C=C(/c5cc#ccc5)c5ccccc5)c5ccc(OC)cc5)cc4)CCCCC3)cc2)cc1. The highest BCUT2D eigenvalue weighted by Gasteiger charge is 2.36. The molecule has 0 heterocycles. The largest absolute Gasteiger partial charge is 0.497 e. The van der Waals surface area contributed by atoms with E-state index in [9.17, 15) is 0 Å². The van der Waals surface area contributed by atoms with Crippen LogP contribution in [0.1, 0.15) is 65.5 Å². The Morgan fingerprint density at radius 1 is 0.422 bits per heavy atom. The van der Waals surface area contributed by atoms with E-state index in [0.29, 0.717) is 0 Å². The van der Waals surface area contributed by atoms with Crippen molar-refractivity contribution in [1.29, 1.82) is 0 Å². The summed E-state index contributed by atoms with van der Waals surface area (Å²) in [5, 5.41) is 0. The molecule has 1 fully saturated rings. The molecule has 0 amide bonds. The summed E-state index contributed by atoms with van der Waals surface area (Å²) in [4.78, 5) is 4.59. The van der Waals surface area contributed by atoms with Crippen LogP contribution in [-0.4, -0.2) is 14.2 Å². The van der Waals surface area contributed by atoms with Gasteiger partial charge in [0.05, 0.1) is 14.2 Å². The van der Waals surface area contributed by atoms with Crippen LogP contribution in [0.5, 0.6) is 11.5 Å². The summed E-state index contributed by atoms with van der Waals surface area (Å²) in [7, 11) is 3.42. The molecule has 64 heavy (non-hydrogen) atoms. The second-order valence-corrected chi connectivity index (χ2v) is 16.3. The summed E-state index contributed by atoms with van der Waals surface area (Å²) in [5.41, 5.74) is 13.6. The Labute approximate surface area is 379 Å². The molecule has 4 heteroatoms. The van der Waals surface area contributed by atoms with Gasteiger partial charge in [0.1, 0.15) is 11.5 Å². The van der Waals surface area contributed by atoms with Crippen LogP contribution >= 0.6 is 0 Å². The molecule has 0 saturated heterocycles. The molecule has 0 atom stereocenters. The van der Waals surface area contributed by atoms with E-state index in [-0.39, 0.29) is 5.41 Å². The molecular weight excluding hydrogens is 781 g/mol. The summed E-state index contributed by atoms with van der Waals surface area (Å²) >= 11 is 0. The van der Waals surface area contributed by atoms with Crippen LogP contribution in [0.3, 0.4) is 0 Å². The minimum Gasteiger partial charge on any atom is -0.497 e. The molecule has 314 valence electrons. The van der Waals surface area contributed by atoms with E-state index in [1.165, 1.54) is 30.4 Å². The lowest BCUT2D eigenvalue weighted by Gasteiger charge is -2.39. The van der Waals surface area contributed by atoms with Crippen molar-refractivity contribution in [3.05, 3.63) is 264 Å². The molecule has 9 rings (SSSR count). The van der Waals surface area contributed by atoms with Crippen molar-refractivity contribution >= 4 is 33.9 Å². The van der Waals surface area contributed by atoms with Gasteiger partial charge in [0.25, 0.3) is 0 Å². The zero-order valence-corrected chi connectivity index (χ0v) is 36.5. The highest BCUT2D eigenvalue weighted by atomic mass is 16.5. The number of hydrogen-bond acceptors (Lipinski definition) is 4. The van der Waals surface area contributed by atoms with Crippen LogP contribution in [0.25, 0.3) is 11.1 Å². The number of benzene rings is 7. The topological polar surface area (TPSA) is 24.9 Å². The van der Waals surface area contributed by atoms with Crippen molar-refractivity contribution in [2.24, 2.45) is 0 Å². The van der Waals surface area contributed by atoms with Crippen molar-refractivity contribution in [3.63, 3.8) is 0 Å². The molecule has 0 bridgehead atoms. The molecular formula is C60H52N2O2. The van der Waals surface area contributed by atoms with Crippen LogP contribution < -0.4 is 19.3 Å². The fourth-order valence-electron chi connectivity index (χ4n) is 9.12. The summed E-state index contributed by atoms with van der Waals surface area (Å²) in [6.45, 7) is 0. The first-order valence-corrected chi connectivity index (χ1v) is 22.2. The minimum atomic E-state index is -0.109. The first kappa shape index (κ1) is 41.6. The monoisotopic (exact) mass is 832 g/mol. The van der Waals surface area contributed by atoms with Gasteiger partial charge in [0.2, 0.25) is 0 Å². The zero-order chi connectivity index (χ0) is 43.6. The molecule has 0 aromatic heterocycles. The van der Waals surface area contributed by atoms with E-state index < -0.39 is 0 Å². The third-order valence-corrected chi connectivity index (χ3v) is 12.5. The number of anilines is 4. The van der Waals surface area contributed by atoms with Gasteiger partial charge in [-0.15, -0.1) is 0 Å². The zero-order valence-electron chi connectivity index (χ0n) is 36.5. The van der Waals surface area contributed by atoms with Crippen molar-refractivity contribution in [2.45, 2.75) is 37.5 Å². The molecule has 8 aromatic carbocycles. The molecule has 8 aromatic rings. The number of rotatable bonds is 14. The lowest BCUT2D eigenvalue weighted by Crippen LogP contribution is -2.30. The highest BCUT2D eigenvalue weighted by Crippen LogP contribution is 2.46. The van der Waals surface area contributed by atoms with Crippen LogP contribution in [0, 0.1) is 12.1 Å². The maximum absolute atomic E-state index is 5.57. The molecule has 0 spiro atoms. The average Bonchev–Trinajstić information content (AvgIpc) is 3.38. The Balaban J connectivity index is 1.11. The fraction of sp³-hybridized carbons (Fsp3) is 0.133. The van der Waals surface area contributed by atoms with Crippen LogP contribution in [0.2, 0.25) is 0 Å². The molecule has 0 radical (unpaired) electrons. The first-order valence-electron chi connectivity index (χ1n) is 22.2. The number of hydrogen-bond donors (Lipinski definition) is 0. The van der Waals surface area contributed by atoms with Gasteiger partial charge in [0.15, 0.2) is 0 Å². The summed E-state index contributed by atoms with van der Waals surface area (Å²) in [5.74, 6) is 1.65. The van der Waals surface area contributed by atoms with Gasteiger partial charge in [-0.1, -0.05) is 147 Å². The van der Waals surface area contributed by atoms with Crippen molar-refractivity contribution < 1.29 is 9.47 Å². The van der Waals surface area contributed by atoms with Gasteiger partial charge in [-0.25, -0.2) is 0 Å². The van der Waals surface area contributed by atoms with Crippen molar-refractivity contribution in [1.82, 2.24) is 0 Å². The van der Waals surface area contributed by atoms with E-state index in [1.54, 1.807) is 14.2 Å². The second kappa shape index (κ2) is 19.5.